The van der Waals surface area contributed by atoms with Crippen LogP contribution in [0.5, 0.6) is 0 Å². The van der Waals surface area contributed by atoms with Gasteiger partial charge in [-0.25, -0.2) is 4.98 Å². The molecule has 0 aliphatic carbocycles. The third kappa shape index (κ3) is 1.17. The van der Waals surface area contributed by atoms with E-state index in [4.69, 9.17) is 5.73 Å². The van der Waals surface area contributed by atoms with Crippen molar-refractivity contribution < 1.29 is 9.59 Å². The molecule has 2 rings (SSSR count). The van der Waals surface area contributed by atoms with Crippen molar-refractivity contribution in [3.8, 4) is 0 Å². The van der Waals surface area contributed by atoms with Crippen LogP contribution in [0.4, 0.5) is 0 Å². The van der Waals surface area contributed by atoms with Gasteiger partial charge in [-0.1, -0.05) is 0 Å². The van der Waals surface area contributed by atoms with Crippen molar-refractivity contribution in [1.29, 1.82) is 0 Å². The molecule has 1 aromatic rings. The van der Waals surface area contributed by atoms with Gasteiger partial charge in [0.25, 0.3) is 17.4 Å². The maximum absolute atomic E-state index is 11.5. The minimum atomic E-state index is -0.632. The van der Waals surface area contributed by atoms with Crippen molar-refractivity contribution in [3.63, 3.8) is 0 Å². The minimum Gasteiger partial charge on any atom is -0.324 e. The number of carbonyl (C=O) groups is 2. The Bertz CT molecular complexity index is 519. The van der Waals surface area contributed by atoms with Crippen LogP contribution in [-0.2, 0) is 6.54 Å². The van der Waals surface area contributed by atoms with Crippen LogP contribution in [0.15, 0.2) is 4.79 Å². The van der Waals surface area contributed by atoms with Crippen molar-refractivity contribution in [2.24, 2.45) is 5.73 Å². The highest BCUT2D eigenvalue weighted by atomic mass is 16.2. The molecule has 2 heterocycles. The molecule has 15 heavy (non-hydrogen) atoms. The third-order valence-electron chi connectivity index (χ3n) is 2.19. The van der Waals surface area contributed by atoms with Gasteiger partial charge in [0.15, 0.2) is 0 Å². The second kappa shape index (κ2) is 2.99. The highest BCUT2D eigenvalue weighted by Crippen LogP contribution is 2.15. The van der Waals surface area contributed by atoms with Crippen LogP contribution < -0.4 is 11.3 Å². The van der Waals surface area contributed by atoms with Gasteiger partial charge in [-0.05, 0) is 0 Å². The van der Waals surface area contributed by atoms with Gasteiger partial charge in [0.1, 0.15) is 17.1 Å². The van der Waals surface area contributed by atoms with Gasteiger partial charge in [0.2, 0.25) is 0 Å². The summed E-state index contributed by atoms with van der Waals surface area (Å²) in [6, 6.07) is 0. The summed E-state index contributed by atoms with van der Waals surface area (Å²) in [6.07, 6.45) is 0. The maximum atomic E-state index is 11.5. The van der Waals surface area contributed by atoms with Crippen LogP contribution in [0.25, 0.3) is 0 Å². The number of H-pyrrole nitrogens is 1. The minimum absolute atomic E-state index is 0.00764. The largest absolute Gasteiger partial charge is 0.324 e. The number of hydrogen-bond donors (Lipinski definition) is 2. The number of hydrogen-bond acceptors (Lipinski definition) is 5. The summed E-state index contributed by atoms with van der Waals surface area (Å²) in [6.45, 7) is 0.00764. The molecule has 0 atom stereocenters. The highest BCUT2D eigenvalue weighted by Gasteiger charge is 2.37. The maximum Gasteiger partial charge on any atom is 0.280 e. The summed E-state index contributed by atoms with van der Waals surface area (Å²) in [7, 11) is 1.30. The normalized spacial score (nSPS) is 14.7. The SMILES string of the molecule is CN1C(=O)c2nc(CN)[nH]c(=O)c2C1=O. The Balaban J connectivity index is 2.75. The molecule has 7 heteroatoms. The number of nitrogens with one attached hydrogen (secondary N) is 1. The molecule has 0 radical (unpaired) electrons. The average Bonchev–Trinajstić information content (AvgIpc) is 2.44. The van der Waals surface area contributed by atoms with Crippen LogP contribution in [0.3, 0.4) is 0 Å². The smallest absolute Gasteiger partial charge is 0.280 e. The molecule has 0 aromatic carbocycles. The van der Waals surface area contributed by atoms with Crippen LogP contribution >= 0.6 is 0 Å². The molecular formula is C8H8N4O3. The monoisotopic (exact) mass is 208 g/mol. The average molecular weight is 208 g/mol. The zero-order valence-electron chi connectivity index (χ0n) is 7.90. The summed E-state index contributed by atoms with van der Waals surface area (Å²) in [5.74, 6) is -1.02. The summed E-state index contributed by atoms with van der Waals surface area (Å²) in [5.41, 5.74) is 4.34. The molecule has 0 saturated heterocycles. The molecular weight excluding hydrogens is 200 g/mol. The Labute approximate surface area is 83.9 Å². The molecule has 1 aliphatic heterocycles. The molecule has 0 bridgehead atoms. The first kappa shape index (κ1) is 9.53. The molecule has 1 aliphatic rings. The van der Waals surface area contributed by atoms with E-state index < -0.39 is 17.4 Å². The molecule has 0 spiro atoms. The van der Waals surface area contributed by atoms with E-state index in [0.717, 1.165) is 4.90 Å². The second-order valence-electron chi connectivity index (χ2n) is 3.11. The number of imide groups is 1. The van der Waals surface area contributed by atoms with E-state index in [1.807, 2.05) is 0 Å². The third-order valence-corrected chi connectivity index (χ3v) is 2.19. The number of aromatic nitrogens is 2. The fourth-order valence-electron chi connectivity index (χ4n) is 1.39. The molecule has 2 amide bonds. The van der Waals surface area contributed by atoms with Crippen molar-refractivity contribution >= 4 is 11.8 Å². The zero-order valence-corrected chi connectivity index (χ0v) is 7.90. The van der Waals surface area contributed by atoms with E-state index in [0.29, 0.717) is 0 Å². The lowest BCUT2D eigenvalue weighted by atomic mass is 10.2. The quantitative estimate of drug-likeness (QED) is 0.543. The van der Waals surface area contributed by atoms with Crippen LogP contribution in [0, 0.1) is 0 Å². The standard InChI is InChI=1S/C8H8N4O3/c1-12-7(14)4-5(8(12)15)10-3(2-9)11-6(4)13/h2,9H2,1H3,(H,10,11,13). The van der Waals surface area contributed by atoms with Crippen LogP contribution in [0.1, 0.15) is 26.7 Å². The predicted octanol–water partition coefficient (Wildman–Crippen LogP) is -1.55. The second-order valence-corrected chi connectivity index (χ2v) is 3.11. The summed E-state index contributed by atoms with van der Waals surface area (Å²) in [4.78, 5) is 41.4. The molecule has 78 valence electrons. The fourth-order valence-corrected chi connectivity index (χ4v) is 1.39. The lowest BCUT2D eigenvalue weighted by Crippen LogP contribution is -2.26. The number of fused-ring (bicyclic) bond motifs is 1. The Kier molecular flexibility index (Phi) is 1.90. The summed E-state index contributed by atoms with van der Waals surface area (Å²) in [5, 5.41) is 0. The number of nitrogens with zero attached hydrogens (tertiary/aromatic N) is 2. The van der Waals surface area contributed by atoms with E-state index in [-0.39, 0.29) is 23.6 Å². The van der Waals surface area contributed by atoms with E-state index in [1.54, 1.807) is 0 Å². The fraction of sp³-hybridized carbons (Fsp3) is 0.250. The summed E-state index contributed by atoms with van der Waals surface area (Å²) >= 11 is 0. The van der Waals surface area contributed by atoms with Crippen LogP contribution in [0.2, 0.25) is 0 Å². The first-order valence-corrected chi connectivity index (χ1v) is 4.22. The van der Waals surface area contributed by atoms with E-state index >= 15 is 0 Å². The predicted molar refractivity (Wildman–Crippen MR) is 49.2 cm³/mol. The van der Waals surface area contributed by atoms with E-state index in [2.05, 4.69) is 9.97 Å². The number of carbonyl (C=O) groups excluding carboxylic acids is 2. The van der Waals surface area contributed by atoms with Crippen molar-refractivity contribution in [2.45, 2.75) is 6.54 Å². The van der Waals surface area contributed by atoms with Gasteiger partial charge in [0.05, 0.1) is 6.54 Å². The van der Waals surface area contributed by atoms with Gasteiger partial charge in [0, 0.05) is 7.05 Å². The Morgan fingerprint density at radius 1 is 1.33 bits per heavy atom. The lowest BCUT2D eigenvalue weighted by Gasteiger charge is -2.01. The first-order valence-electron chi connectivity index (χ1n) is 4.22. The molecule has 1 aromatic heterocycles. The van der Waals surface area contributed by atoms with Crippen LogP contribution in [-0.4, -0.2) is 33.7 Å². The number of rotatable bonds is 1. The molecule has 3 N–H and O–H groups in total. The Hall–Kier alpha value is -2.02. The van der Waals surface area contributed by atoms with Crippen molar-refractivity contribution in [1.82, 2.24) is 14.9 Å². The van der Waals surface area contributed by atoms with Gasteiger partial charge in [-0.15, -0.1) is 0 Å². The van der Waals surface area contributed by atoms with Crippen molar-refractivity contribution in [3.05, 3.63) is 27.4 Å². The lowest BCUT2D eigenvalue weighted by molar-refractivity contribution is 0.0691. The topological polar surface area (TPSA) is 109 Å². The summed E-state index contributed by atoms with van der Waals surface area (Å²) < 4.78 is 0. The highest BCUT2D eigenvalue weighted by molar-refractivity contribution is 6.19. The zero-order chi connectivity index (χ0) is 11.2. The van der Waals surface area contributed by atoms with Crippen molar-refractivity contribution in [2.75, 3.05) is 7.05 Å². The van der Waals surface area contributed by atoms with Gasteiger partial charge in [-0.3, -0.25) is 19.3 Å². The van der Waals surface area contributed by atoms with Gasteiger partial charge in [-0.2, -0.15) is 0 Å². The molecule has 0 unspecified atom stereocenters. The molecule has 0 fully saturated rings. The Morgan fingerprint density at radius 3 is 2.60 bits per heavy atom. The number of aromatic amines is 1. The van der Waals surface area contributed by atoms with E-state index in [9.17, 15) is 14.4 Å². The molecule has 0 saturated carbocycles. The molecule has 7 nitrogen and oxygen atoms in total. The number of nitrogens with two attached hydrogens (primary N) is 1. The van der Waals surface area contributed by atoms with E-state index in [1.165, 1.54) is 7.05 Å². The van der Waals surface area contributed by atoms with Gasteiger partial charge < -0.3 is 10.7 Å². The first-order chi connectivity index (χ1) is 7.06. The Morgan fingerprint density at radius 2 is 2.00 bits per heavy atom. The number of amides is 2. The van der Waals surface area contributed by atoms with Gasteiger partial charge >= 0.3 is 0 Å².